The minimum absolute atomic E-state index is 0.0123. The number of hydrogen-bond acceptors (Lipinski definition) is 3. The number of carbonyl (C=O) groups excluding carboxylic acids is 1. The van der Waals surface area contributed by atoms with E-state index in [1.807, 2.05) is 24.3 Å². The lowest BCUT2D eigenvalue weighted by molar-refractivity contribution is -0.127. The first-order chi connectivity index (χ1) is 10.2. The van der Waals surface area contributed by atoms with Crippen LogP contribution in [0, 0.1) is 17.8 Å². The molecule has 3 rings (SSSR count). The zero-order chi connectivity index (χ0) is 14.8. The van der Waals surface area contributed by atoms with Crippen LogP contribution >= 0.6 is 0 Å². The molecule has 4 heteroatoms. The highest BCUT2D eigenvalue weighted by Crippen LogP contribution is 2.47. The van der Waals surface area contributed by atoms with Crippen LogP contribution in [0.15, 0.2) is 24.3 Å². The molecule has 2 aliphatic rings. The van der Waals surface area contributed by atoms with Crippen molar-refractivity contribution in [3.63, 3.8) is 0 Å². The molecule has 2 bridgehead atoms. The lowest BCUT2D eigenvalue weighted by Crippen LogP contribution is -2.45. The Balaban J connectivity index is 1.61. The topological polar surface area (TPSA) is 64.3 Å². The van der Waals surface area contributed by atoms with Crippen molar-refractivity contribution in [2.75, 3.05) is 7.11 Å². The lowest BCUT2D eigenvalue weighted by Gasteiger charge is -2.27. The molecule has 4 nitrogen and oxygen atoms in total. The van der Waals surface area contributed by atoms with Crippen molar-refractivity contribution in [1.29, 1.82) is 0 Å². The molecule has 21 heavy (non-hydrogen) atoms. The number of hydrogen-bond donors (Lipinski definition) is 2. The van der Waals surface area contributed by atoms with Gasteiger partial charge in [-0.2, -0.15) is 0 Å². The predicted molar refractivity (Wildman–Crippen MR) is 81.3 cm³/mol. The molecular formula is C17H24N2O2. The highest BCUT2D eigenvalue weighted by Gasteiger charge is 2.48. The van der Waals surface area contributed by atoms with Crippen LogP contribution in [0.1, 0.15) is 30.4 Å². The number of benzene rings is 1. The average Bonchev–Trinajstić information content (AvgIpc) is 3.07. The molecule has 1 aromatic rings. The standard InChI is InChI=1S/C17H24N2O2/c1-21-10-14-5-3-2-4-13(14)9-19-17(20)15-11-6-7-12(8-11)16(15)18/h2-5,11-12,15-16H,6-10,18H2,1H3,(H,19,20). The molecule has 2 aliphatic carbocycles. The van der Waals surface area contributed by atoms with Crippen LogP contribution in [0.3, 0.4) is 0 Å². The highest BCUT2D eigenvalue weighted by molar-refractivity contribution is 5.80. The Morgan fingerprint density at radius 3 is 2.67 bits per heavy atom. The number of nitrogens with two attached hydrogens (primary N) is 1. The lowest BCUT2D eigenvalue weighted by atomic mass is 9.84. The van der Waals surface area contributed by atoms with Gasteiger partial charge in [0.1, 0.15) is 0 Å². The van der Waals surface area contributed by atoms with E-state index < -0.39 is 0 Å². The van der Waals surface area contributed by atoms with Crippen molar-refractivity contribution >= 4 is 5.91 Å². The molecular weight excluding hydrogens is 264 g/mol. The maximum atomic E-state index is 12.5. The van der Waals surface area contributed by atoms with Crippen molar-refractivity contribution in [2.45, 2.75) is 38.5 Å². The largest absolute Gasteiger partial charge is 0.380 e. The molecule has 0 spiro atoms. The number of nitrogens with one attached hydrogen (secondary N) is 1. The van der Waals surface area contributed by atoms with Gasteiger partial charge < -0.3 is 15.8 Å². The minimum Gasteiger partial charge on any atom is -0.380 e. The summed E-state index contributed by atoms with van der Waals surface area (Å²) in [7, 11) is 1.68. The fraction of sp³-hybridized carbons (Fsp3) is 0.588. The van der Waals surface area contributed by atoms with Gasteiger partial charge in [0.2, 0.25) is 5.91 Å². The van der Waals surface area contributed by atoms with E-state index in [9.17, 15) is 4.79 Å². The van der Waals surface area contributed by atoms with Gasteiger partial charge in [-0.15, -0.1) is 0 Å². The van der Waals surface area contributed by atoms with Crippen LogP contribution in [-0.2, 0) is 22.7 Å². The fourth-order valence-electron chi connectivity index (χ4n) is 4.05. The molecule has 4 unspecified atom stereocenters. The van der Waals surface area contributed by atoms with Crippen LogP contribution in [0.5, 0.6) is 0 Å². The maximum Gasteiger partial charge on any atom is 0.225 e. The van der Waals surface area contributed by atoms with Crippen molar-refractivity contribution in [2.24, 2.45) is 23.5 Å². The predicted octanol–water partition coefficient (Wildman–Crippen LogP) is 1.82. The molecule has 2 saturated carbocycles. The van der Waals surface area contributed by atoms with Crippen molar-refractivity contribution in [3.05, 3.63) is 35.4 Å². The summed E-state index contributed by atoms with van der Waals surface area (Å²) in [6, 6.07) is 8.11. The fourth-order valence-corrected chi connectivity index (χ4v) is 4.05. The Hall–Kier alpha value is -1.39. The minimum atomic E-state index is 0.0123. The Kier molecular flexibility index (Phi) is 4.27. The number of methoxy groups -OCH3 is 1. The van der Waals surface area contributed by atoms with E-state index in [2.05, 4.69) is 5.32 Å². The monoisotopic (exact) mass is 288 g/mol. The summed E-state index contributed by atoms with van der Waals surface area (Å²) in [6.07, 6.45) is 3.50. The van der Waals surface area contributed by atoms with Crippen LogP contribution in [-0.4, -0.2) is 19.1 Å². The van der Waals surface area contributed by atoms with E-state index in [0.29, 0.717) is 25.0 Å². The Labute approximate surface area is 126 Å². The molecule has 0 aliphatic heterocycles. The molecule has 0 aromatic heterocycles. The first kappa shape index (κ1) is 14.5. The van der Waals surface area contributed by atoms with E-state index >= 15 is 0 Å². The Bertz CT molecular complexity index is 515. The molecule has 4 atom stereocenters. The number of rotatable bonds is 5. The summed E-state index contributed by atoms with van der Waals surface area (Å²) < 4.78 is 5.20. The summed E-state index contributed by atoms with van der Waals surface area (Å²) in [6.45, 7) is 1.12. The molecule has 1 aromatic carbocycles. The van der Waals surface area contributed by atoms with Crippen molar-refractivity contribution in [3.8, 4) is 0 Å². The Morgan fingerprint density at radius 2 is 2.00 bits per heavy atom. The van der Waals surface area contributed by atoms with Crippen molar-refractivity contribution in [1.82, 2.24) is 5.32 Å². The van der Waals surface area contributed by atoms with Gasteiger partial charge in [0.25, 0.3) is 0 Å². The molecule has 3 N–H and O–H groups in total. The summed E-state index contributed by atoms with van der Waals surface area (Å²) in [4.78, 5) is 12.5. The normalized spacial score (nSPS) is 30.6. The van der Waals surface area contributed by atoms with Crippen molar-refractivity contribution < 1.29 is 9.53 Å². The first-order valence-corrected chi connectivity index (χ1v) is 7.79. The third-order valence-corrected chi connectivity index (χ3v) is 5.15. The summed E-state index contributed by atoms with van der Waals surface area (Å²) in [5.41, 5.74) is 8.47. The average molecular weight is 288 g/mol. The highest BCUT2D eigenvalue weighted by atomic mass is 16.5. The smallest absolute Gasteiger partial charge is 0.225 e. The first-order valence-electron chi connectivity index (χ1n) is 7.79. The molecule has 114 valence electrons. The van der Waals surface area contributed by atoms with Gasteiger partial charge in [0.05, 0.1) is 12.5 Å². The van der Waals surface area contributed by atoms with Gasteiger partial charge in [-0.25, -0.2) is 0 Å². The molecule has 0 saturated heterocycles. The molecule has 0 radical (unpaired) electrons. The van der Waals surface area contributed by atoms with Gasteiger partial charge >= 0.3 is 0 Å². The van der Waals surface area contributed by atoms with Gasteiger partial charge in [-0.3, -0.25) is 4.79 Å². The Morgan fingerprint density at radius 1 is 1.29 bits per heavy atom. The summed E-state index contributed by atoms with van der Waals surface area (Å²) in [5.74, 6) is 1.20. The van der Waals surface area contributed by atoms with Gasteiger partial charge in [0, 0.05) is 19.7 Å². The van der Waals surface area contributed by atoms with Crippen LogP contribution < -0.4 is 11.1 Å². The summed E-state index contributed by atoms with van der Waals surface area (Å²) >= 11 is 0. The van der Waals surface area contributed by atoms with E-state index in [1.165, 1.54) is 6.42 Å². The van der Waals surface area contributed by atoms with Gasteiger partial charge in [0.15, 0.2) is 0 Å². The third-order valence-electron chi connectivity index (χ3n) is 5.15. The zero-order valence-electron chi connectivity index (χ0n) is 12.5. The molecule has 2 fully saturated rings. The van der Waals surface area contributed by atoms with Crippen LogP contribution in [0.4, 0.5) is 0 Å². The number of ether oxygens (including phenoxy) is 1. The zero-order valence-corrected chi connectivity index (χ0v) is 12.5. The van der Waals surface area contributed by atoms with Gasteiger partial charge in [-0.1, -0.05) is 24.3 Å². The van der Waals surface area contributed by atoms with Crippen LogP contribution in [0.25, 0.3) is 0 Å². The molecule has 0 heterocycles. The maximum absolute atomic E-state index is 12.5. The van der Waals surface area contributed by atoms with E-state index in [0.717, 1.165) is 24.0 Å². The van der Waals surface area contributed by atoms with E-state index in [4.69, 9.17) is 10.5 Å². The quantitative estimate of drug-likeness (QED) is 0.868. The second-order valence-electron chi connectivity index (χ2n) is 6.36. The third kappa shape index (κ3) is 2.83. The SMILES string of the molecule is COCc1ccccc1CNC(=O)C1C2CCC(C2)C1N. The van der Waals surface area contributed by atoms with Gasteiger partial charge in [-0.05, 0) is 42.2 Å². The second-order valence-corrected chi connectivity index (χ2v) is 6.36. The number of fused-ring (bicyclic) bond motifs is 2. The second kappa shape index (κ2) is 6.16. The molecule has 1 amide bonds. The van der Waals surface area contributed by atoms with E-state index in [-0.39, 0.29) is 17.9 Å². The van der Waals surface area contributed by atoms with E-state index in [1.54, 1.807) is 7.11 Å². The van der Waals surface area contributed by atoms with Crippen LogP contribution in [0.2, 0.25) is 0 Å². The number of amides is 1. The summed E-state index contributed by atoms with van der Waals surface area (Å²) in [5, 5.41) is 3.08. The number of carbonyl (C=O) groups is 1.